The van der Waals surface area contributed by atoms with Gasteiger partial charge in [0, 0.05) is 57.8 Å². The first kappa shape index (κ1) is 18.4. The largest absolute Gasteiger partial charge is 0.341 e. The number of piperidine rings is 3. The summed E-state index contributed by atoms with van der Waals surface area (Å²) in [4.78, 5) is 21.2. The van der Waals surface area contributed by atoms with E-state index in [9.17, 15) is 0 Å². The maximum Gasteiger partial charge on any atom is 0.250 e. The van der Waals surface area contributed by atoms with Crippen LogP contribution in [0, 0.1) is 0 Å². The first-order valence-electron chi connectivity index (χ1n) is 10.5. The van der Waals surface area contributed by atoms with E-state index in [2.05, 4.69) is 32.3 Å². The number of anilines is 3. The SMILES string of the molecule is CN1CCC(=NNc2nc(N3CCCCC3)nc(N3CCCCC3)n2)CC1. The van der Waals surface area contributed by atoms with E-state index < -0.39 is 0 Å². The van der Waals surface area contributed by atoms with Gasteiger partial charge in [0.05, 0.1) is 0 Å². The smallest absolute Gasteiger partial charge is 0.250 e. The fourth-order valence-electron chi connectivity index (χ4n) is 3.99. The van der Waals surface area contributed by atoms with Crippen LogP contribution in [0.25, 0.3) is 0 Å². The molecule has 0 amide bonds. The maximum atomic E-state index is 4.82. The molecule has 3 aliphatic heterocycles. The molecule has 0 aromatic carbocycles. The third-order valence-electron chi connectivity index (χ3n) is 5.77. The van der Waals surface area contributed by atoms with E-state index in [0.717, 1.165) is 64.0 Å². The van der Waals surface area contributed by atoms with E-state index in [1.54, 1.807) is 0 Å². The van der Waals surface area contributed by atoms with Gasteiger partial charge in [-0.15, -0.1) is 0 Å². The lowest BCUT2D eigenvalue weighted by atomic mass is 10.1. The zero-order chi connectivity index (χ0) is 18.5. The summed E-state index contributed by atoms with van der Waals surface area (Å²) in [5, 5.41) is 4.61. The zero-order valence-corrected chi connectivity index (χ0v) is 16.5. The van der Waals surface area contributed by atoms with E-state index in [4.69, 9.17) is 15.0 Å². The van der Waals surface area contributed by atoms with E-state index in [0.29, 0.717) is 5.95 Å². The number of hydrogen-bond acceptors (Lipinski definition) is 8. The number of nitrogens with zero attached hydrogens (tertiary/aromatic N) is 7. The van der Waals surface area contributed by atoms with Gasteiger partial charge in [0.15, 0.2) is 0 Å². The van der Waals surface area contributed by atoms with Gasteiger partial charge in [0.1, 0.15) is 0 Å². The summed E-state index contributed by atoms with van der Waals surface area (Å²) in [6.45, 7) is 6.26. The van der Waals surface area contributed by atoms with Gasteiger partial charge >= 0.3 is 0 Å². The summed E-state index contributed by atoms with van der Waals surface area (Å²) >= 11 is 0. The number of rotatable bonds is 4. The van der Waals surface area contributed by atoms with Crippen LogP contribution >= 0.6 is 0 Å². The van der Waals surface area contributed by atoms with Crippen molar-refractivity contribution in [2.24, 2.45) is 5.10 Å². The second-order valence-corrected chi connectivity index (χ2v) is 7.95. The molecule has 148 valence electrons. The predicted molar refractivity (Wildman–Crippen MR) is 110 cm³/mol. The molecule has 27 heavy (non-hydrogen) atoms. The van der Waals surface area contributed by atoms with Gasteiger partial charge in [-0.3, -0.25) is 0 Å². The molecule has 0 bridgehead atoms. The molecule has 3 saturated heterocycles. The van der Waals surface area contributed by atoms with Crippen molar-refractivity contribution in [3.05, 3.63) is 0 Å². The Morgan fingerprint density at radius 2 is 1.22 bits per heavy atom. The minimum absolute atomic E-state index is 0.581. The van der Waals surface area contributed by atoms with Crippen LogP contribution in [0.5, 0.6) is 0 Å². The number of likely N-dealkylation sites (tertiary alicyclic amines) is 1. The van der Waals surface area contributed by atoms with Crippen LogP contribution in [0.2, 0.25) is 0 Å². The minimum Gasteiger partial charge on any atom is -0.341 e. The van der Waals surface area contributed by atoms with Crippen molar-refractivity contribution in [1.82, 2.24) is 19.9 Å². The van der Waals surface area contributed by atoms with E-state index in [-0.39, 0.29) is 0 Å². The average Bonchev–Trinajstić information content (AvgIpc) is 2.74. The van der Waals surface area contributed by atoms with E-state index in [1.165, 1.54) is 44.2 Å². The molecule has 0 saturated carbocycles. The van der Waals surface area contributed by atoms with Gasteiger partial charge in [-0.05, 0) is 45.6 Å². The minimum atomic E-state index is 0.581. The Balaban J connectivity index is 1.54. The van der Waals surface area contributed by atoms with Gasteiger partial charge in [0.2, 0.25) is 17.8 Å². The van der Waals surface area contributed by atoms with Gasteiger partial charge in [0.25, 0.3) is 0 Å². The zero-order valence-electron chi connectivity index (χ0n) is 16.5. The van der Waals surface area contributed by atoms with Gasteiger partial charge in [-0.25, -0.2) is 5.43 Å². The fraction of sp³-hybridized carbons (Fsp3) is 0.789. The molecule has 8 nitrogen and oxygen atoms in total. The maximum absolute atomic E-state index is 4.82. The van der Waals surface area contributed by atoms with Crippen LogP contribution in [0.3, 0.4) is 0 Å². The second-order valence-electron chi connectivity index (χ2n) is 7.95. The molecular formula is C19H32N8. The molecule has 0 spiro atoms. The summed E-state index contributed by atoms with van der Waals surface area (Å²) in [5.74, 6) is 2.19. The Labute approximate surface area is 162 Å². The van der Waals surface area contributed by atoms with Crippen LogP contribution in [-0.2, 0) is 0 Å². The van der Waals surface area contributed by atoms with Gasteiger partial charge in [-0.2, -0.15) is 20.1 Å². The van der Waals surface area contributed by atoms with Crippen molar-refractivity contribution in [3.63, 3.8) is 0 Å². The predicted octanol–water partition coefficient (Wildman–Crippen LogP) is 2.35. The Kier molecular flexibility index (Phi) is 6.01. The lowest BCUT2D eigenvalue weighted by Crippen LogP contribution is -2.34. The Morgan fingerprint density at radius 3 is 1.74 bits per heavy atom. The van der Waals surface area contributed by atoms with Crippen molar-refractivity contribution in [1.29, 1.82) is 0 Å². The Morgan fingerprint density at radius 1 is 0.704 bits per heavy atom. The molecule has 1 aromatic heterocycles. The normalized spacial score (nSPS) is 22.0. The molecule has 1 N–H and O–H groups in total. The lowest BCUT2D eigenvalue weighted by molar-refractivity contribution is 0.336. The number of nitrogens with one attached hydrogen (secondary N) is 1. The van der Waals surface area contributed by atoms with Gasteiger partial charge in [-0.1, -0.05) is 0 Å². The van der Waals surface area contributed by atoms with E-state index >= 15 is 0 Å². The highest BCUT2D eigenvalue weighted by Crippen LogP contribution is 2.22. The third-order valence-corrected chi connectivity index (χ3v) is 5.77. The molecule has 3 fully saturated rings. The van der Waals surface area contributed by atoms with Crippen LogP contribution < -0.4 is 15.2 Å². The first-order valence-corrected chi connectivity index (χ1v) is 10.5. The van der Waals surface area contributed by atoms with Crippen molar-refractivity contribution in [2.75, 3.05) is 61.5 Å². The molecule has 0 radical (unpaired) electrons. The standard InChI is InChI=1S/C19H32N8/c1-25-14-8-16(9-15-25)23-24-17-20-18(26-10-4-2-5-11-26)22-19(21-17)27-12-6-3-7-13-27/h2-15H2,1H3,(H,20,21,22,24). The highest BCUT2D eigenvalue weighted by atomic mass is 15.4. The highest BCUT2D eigenvalue weighted by molar-refractivity contribution is 5.86. The molecule has 0 aliphatic carbocycles. The highest BCUT2D eigenvalue weighted by Gasteiger charge is 2.20. The lowest BCUT2D eigenvalue weighted by Gasteiger charge is -2.30. The summed E-state index contributed by atoms with van der Waals surface area (Å²) in [6, 6.07) is 0. The van der Waals surface area contributed by atoms with Crippen LogP contribution in [0.15, 0.2) is 5.10 Å². The number of hydrazone groups is 1. The Bertz CT molecular complexity index is 603. The number of hydrogen-bond donors (Lipinski definition) is 1. The molecule has 8 heteroatoms. The first-order chi connectivity index (χ1) is 13.3. The molecule has 0 unspecified atom stereocenters. The average molecular weight is 373 g/mol. The quantitative estimate of drug-likeness (QED) is 0.813. The molecule has 1 aromatic rings. The number of aromatic nitrogens is 3. The van der Waals surface area contributed by atoms with Crippen molar-refractivity contribution in [2.45, 2.75) is 51.4 Å². The summed E-state index contributed by atoms with van der Waals surface area (Å²) in [5.41, 5.74) is 4.34. The third kappa shape index (κ3) is 4.86. The molecular weight excluding hydrogens is 340 g/mol. The summed E-state index contributed by atoms with van der Waals surface area (Å²) in [7, 11) is 2.16. The molecule has 4 heterocycles. The van der Waals surface area contributed by atoms with Gasteiger partial charge < -0.3 is 14.7 Å². The molecule has 4 rings (SSSR count). The van der Waals surface area contributed by atoms with Crippen LogP contribution in [0.4, 0.5) is 17.8 Å². The van der Waals surface area contributed by atoms with Crippen molar-refractivity contribution < 1.29 is 0 Å². The van der Waals surface area contributed by atoms with Crippen molar-refractivity contribution >= 4 is 23.6 Å². The second kappa shape index (κ2) is 8.82. The Hall–Kier alpha value is -1.96. The van der Waals surface area contributed by atoms with Crippen molar-refractivity contribution in [3.8, 4) is 0 Å². The van der Waals surface area contributed by atoms with E-state index in [1.807, 2.05) is 0 Å². The fourth-order valence-corrected chi connectivity index (χ4v) is 3.99. The monoisotopic (exact) mass is 372 g/mol. The topological polar surface area (TPSA) is 72.8 Å². The summed E-state index contributed by atoms with van der Waals surface area (Å²) in [6.07, 6.45) is 9.46. The van der Waals surface area contributed by atoms with Crippen LogP contribution in [-0.4, -0.2) is 71.9 Å². The molecule has 0 atom stereocenters. The molecule has 3 aliphatic rings. The van der Waals surface area contributed by atoms with Crippen LogP contribution in [0.1, 0.15) is 51.4 Å². The summed E-state index contributed by atoms with van der Waals surface area (Å²) < 4.78 is 0.